The third kappa shape index (κ3) is 3.01. The zero-order valence-corrected chi connectivity index (χ0v) is 11.4. The van der Waals surface area contributed by atoms with Crippen molar-refractivity contribution in [2.75, 3.05) is 7.11 Å². The predicted molar refractivity (Wildman–Crippen MR) is 73.5 cm³/mol. The van der Waals surface area contributed by atoms with E-state index in [4.69, 9.17) is 26.3 Å². The Kier molecular flexibility index (Phi) is 4.44. The molecule has 0 aliphatic rings. The van der Waals surface area contributed by atoms with E-state index in [9.17, 15) is 4.39 Å². The first-order valence-corrected chi connectivity index (χ1v) is 6.17. The summed E-state index contributed by atoms with van der Waals surface area (Å²) in [6.07, 6.45) is 0. The number of hydrogen-bond acceptors (Lipinski definition) is 3. The first-order valence-electron chi connectivity index (χ1n) is 5.79. The molecule has 0 fully saturated rings. The van der Waals surface area contributed by atoms with Crippen LogP contribution in [-0.4, -0.2) is 7.11 Å². The van der Waals surface area contributed by atoms with Crippen molar-refractivity contribution in [2.24, 2.45) is 0 Å². The maximum absolute atomic E-state index is 13.9. The maximum Gasteiger partial charge on any atom is 0.171 e. The minimum atomic E-state index is -0.459. The van der Waals surface area contributed by atoms with Gasteiger partial charge in [0.25, 0.3) is 0 Å². The van der Waals surface area contributed by atoms with Crippen LogP contribution in [0.15, 0.2) is 36.4 Å². The van der Waals surface area contributed by atoms with Gasteiger partial charge in [0, 0.05) is 5.56 Å². The Morgan fingerprint density at radius 2 is 2.05 bits per heavy atom. The number of methoxy groups -OCH3 is 1. The standard InChI is InChI=1S/C15H11ClFNO2/c1-19-14-4-2-3-11(15(14)17)9-20-13-6-5-10(8-18)7-12(13)16/h2-7H,9H2,1H3. The van der Waals surface area contributed by atoms with Gasteiger partial charge in [0.1, 0.15) is 12.4 Å². The maximum atomic E-state index is 13.9. The highest BCUT2D eigenvalue weighted by atomic mass is 35.5. The average molecular weight is 292 g/mol. The van der Waals surface area contributed by atoms with Crippen molar-refractivity contribution in [2.45, 2.75) is 6.61 Å². The monoisotopic (exact) mass is 291 g/mol. The van der Waals surface area contributed by atoms with Gasteiger partial charge in [-0.2, -0.15) is 5.26 Å². The van der Waals surface area contributed by atoms with Gasteiger partial charge in [0.15, 0.2) is 11.6 Å². The molecule has 0 radical (unpaired) electrons. The van der Waals surface area contributed by atoms with Crippen molar-refractivity contribution < 1.29 is 13.9 Å². The second kappa shape index (κ2) is 6.27. The molecule has 3 nitrogen and oxygen atoms in total. The smallest absolute Gasteiger partial charge is 0.171 e. The summed E-state index contributed by atoms with van der Waals surface area (Å²) in [7, 11) is 1.40. The lowest BCUT2D eigenvalue weighted by molar-refractivity contribution is 0.296. The topological polar surface area (TPSA) is 42.2 Å². The van der Waals surface area contributed by atoms with Gasteiger partial charge in [0.2, 0.25) is 0 Å². The highest BCUT2D eigenvalue weighted by molar-refractivity contribution is 6.32. The minimum Gasteiger partial charge on any atom is -0.494 e. The molecule has 0 N–H and O–H groups in total. The molecule has 102 valence electrons. The molecule has 0 saturated heterocycles. The first-order chi connectivity index (χ1) is 9.65. The molecule has 0 heterocycles. The summed E-state index contributed by atoms with van der Waals surface area (Å²) in [5.74, 6) is 0.102. The van der Waals surface area contributed by atoms with Crippen LogP contribution < -0.4 is 9.47 Å². The van der Waals surface area contributed by atoms with Crippen LogP contribution in [0.5, 0.6) is 11.5 Å². The van der Waals surface area contributed by atoms with Crippen molar-refractivity contribution in [3.8, 4) is 17.6 Å². The lowest BCUT2D eigenvalue weighted by Crippen LogP contribution is -2.00. The van der Waals surface area contributed by atoms with Gasteiger partial charge in [-0.3, -0.25) is 0 Å². The molecule has 2 aromatic carbocycles. The molecular formula is C15H11ClFNO2. The Morgan fingerprint density at radius 3 is 2.70 bits per heavy atom. The molecule has 0 atom stereocenters. The largest absolute Gasteiger partial charge is 0.494 e. The van der Waals surface area contributed by atoms with Gasteiger partial charge in [-0.25, -0.2) is 4.39 Å². The zero-order chi connectivity index (χ0) is 14.5. The zero-order valence-electron chi connectivity index (χ0n) is 10.7. The molecule has 0 unspecified atom stereocenters. The molecule has 0 aliphatic carbocycles. The van der Waals surface area contributed by atoms with Crippen molar-refractivity contribution in [3.05, 3.63) is 58.4 Å². The quantitative estimate of drug-likeness (QED) is 0.857. The van der Waals surface area contributed by atoms with Gasteiger partial charge < -0.3 is 9.47 Å². The fraction of sp³-hybridized carbons (Fsp3) is 0.133. The molecule has 2 rings (SSSR count). The van der Waals surface area contributed by atoms with Gasteiger partial charge >= 0.3 is 0 Å². The van der Waals surface area contributed by atoms with E-state index in [1.807, 2.05) is 6.07 Å². The molecule has 20 heavy (non-hydrogen) atoms. The van der Waals surface area contributed by atoms with Gasteiger partial charge in [-0.1, -0.05) is 23.7 Å². The Hall–Kier alpha value is -2.25. The summed E-state index contributed by atoms with van der Waals surface area (Å²) in [6, 6.07) is 11.5. The van der Waals surface area contributed by atoms with Crippen molar-refractivity contribution in [1.82, 2.24) is 0 Å². The van der Waals surface area contributed by atoms with E-state index >= 15 is 0 Å². The Bertz CT molecular complexity index is 667. The summed E-state index contributed by atoms with van der Waals surface area (Å²) >= 11 is 5.98. The van der Waals surface area contributed by atoms with Crippen LogP contribution in [0.25, 0.3) is 0 Å². The normalized spacial score (nSPS) is 9.90. The molecule has 0 spiro atoms. The van der Waals surface area contributed by atoms with Crippen LogP contribution >= 0.6 is 11.6 Å². The number of ether oxygens (including phenoxy) is 2. The Labute approximate surface area is 121 Å². The third-order valence-electron chi connectivity index (χ3n) is 2.71. The molecular weight excluding hydrogens is 281 g/mol. The lowest BCUT2D eigenvalue weighted by Gasteiger charge is -2.10. The molecule has 2 aromatic rings. The molecule has 0 aliphatic heterocycles. The van der Waals surface area contributed by atoms with Crippen molar-refractivity contribution >= 4 is 11.6 Å². The van der Waals surface area contributed by atoms with E-state index in [1.165, 1.54) is 19.2 Å². The number of nitriles is 1. The van der Waals surface area contributed by atoms with E-state index in [-0.39, 0.29) is 12.4 Å². The van der Waals surface area contributed by atoms with Crippen LogP contribution in [0.2, 0.25) is 5.02 Å². The SMILES string of the molecule is COc1cccc(COc2ccc(C#N)cc2Cl)c1F. The van der Waals surface area contributed by atoms with Crippen LogP contribution in [0.1, 0.15) is 11.1 Å². The Morgan fingerprint density at radius 1 is 1.25 bits per heavy atom. The second-order valence-electron chi connectivity index (χ2n) is 3.98. The molecule has 0 bridgehead atoms. The first kappa shape index (κ1) is 14.2. The van der Waals surface area contributed by atoms with E-state index in [1.54, 1.807) is 24.3 Å². The van der Waals surface area contributed by atoms with Crippen LogP contribution in [0.3, 0.4) is 0 Å². The summed E-state index contributed by atoms with van der Waals surface area (Å²) in [6.45, 7) is 0.0225. The van der Waals surface area contributed by atoms with Gasteiger partial charge in [0.05, 0.1) is 23.8 Å². The molecule has 0 amide bonds. The van der Waals surface area contributed by atoms with Crippen molar-refractivity contribution in [3.63, 3.8) is 0 Å². The van der Waals surface area contributed by atoms with Crippen LogP contribution in [-0.2, 0) is 6.61 Å². The van der Waals surface area contributed by atoms with E-state index in [0.717, 1.165) is 0 Å². The fourth-order valence-corrected chi connectivity index (χ4v) is 1.90. The predicted octanol–water partition coefficient (Wildman–Crippen LogP) is 3.94. The summed E-state index contributed by atoms with van der Waals surface area (Å²) in [4.78, 5) is 0. The summed E-state index contributed by atoms with van der Waals surface area (Å²) in [5, 5.41) is 9.05. The molecule has 0 saturated carbocycles. The average Bonchev–Trinajstić information content (AvgIpc) is 2.47. The number of hydrogen-bond donors (Lipinski definition) is 0. The second-order valence-corrected chi connectivity index (χ2v) is 4.39. The van der Waals surface area contributed by atoms with Crippen LogP contribution in [0, 0.1) is 17.1 Å². The number of halogens is 2. The summed E-state index contributed by atoms with van der Waals surface area (Å²) < 4.78 is 24.3. The molecule has 5 heteroatoms. The van der Waals surface area contributed by atoms with E-state index < -0.39 is 5.82 Å². The van der Waals surface area contributed by atoms with E-state index in [2.05, 4.69) is 0 Å². The number of benzene rings is 2. The highest BCUT2D eigenvalue weighted by Crippen LogP contribution is 2.27. The highest BCUT2D eigenvalue weighted by Gasteiger charge is 2.10. The van der Waals surface area contributed by atoms with Gasteiger partial charge in [-0.05, 0) is 24.3 Å². The summed E-state index contributed by atoms with van der Waals surface area (Å²) in [5.41, 5.74) is 0.805. The third-order valence-corrected chi connectivity index (χ3v) is 3.00. The lowest BCUT2D eigenvalue weighted by atomic mass is 10.2. The van der Waals surface area contributed by atoms with Crippen molar-refractivity contribution in [1.29, 1.82) is 5.26 Å². The fourth-order valence-electron chi connectivity index (χ4n) is 1.67. The number of nitrogens with zero attached hydrogens (tertiary/aromatic N) is 1. The molecule has 0 aromatic heterocycles. The number of rotatable bonds is 4. The van der Waals surface area contributed by atoms with Crippen LogP contribution in [0.4, 0.5) is 4.39 Å². The minimum absolute atomic E-state index is 0.0225. The van der Waals surface area contributed by atoms with Gasteiger partial charge in [-0.15, -0.1) is 0 Å². The van der Waals surface area contributed by atoms with E-state index in [0.29, 0.717) is 21.9 Å². The Balaban J connectivity index is 2.15.